The van der Waals surface area contributed by atoms with Crippen LogP contribution in [0.2, 0.25) is 0 Å². The Labute approximate surface area is 179 Å². The second kappa shape index (κ2) is 8.14. The summed E-state index contributed by atoms with van der Waals surface area (Å²) in [5, 5.41) is 13.2. The van der Waals surface area contributed by atoms with Crippen LogP contribution >= 0.6 is 0 Å². The van der Waals surface area contributed by atoms with Crippen molar-refractivity contribution in [1.82, 2.24) is 25.0 Å². The Morgan fingerprint density at radius 1 is 1.23 bits per heavy atom. The Balaban J connectivity index is 1.58. The van der Waals surface area contributed by atoms with E-state index in [0.717, 1.165) is 18.4 Å². The van der Waals surface area contributed by atoms with Crippen molar-refractivity contribution in [2.75, 3.05) is 6.54 Å². The minimum Gasteiger partial charge on any atom is -0.444 e. The largest absolute Gasteiger partial charge is 0.444 e. The first kappa shape index (κ1) is 20.5. The molecule has 1 atom stereocenters. The molecule has 158 valence electrons. The fraction of sp³-hybridized carbons (Fsp3) is 0.364. The van der Waals surface area contributed by atoms with E-state index >= 15 is 0 Å². The van der Waals surface area contributed by atoms with Gasteiger partial charge in [0, 0.05) is 30.1 Å². The Bertz CT molecular complexity index is 1140. The molecule has 1 fully saturated rings. The van der Waals surface area contributed by atoms with Crippen molar-refractivity contribution in [3.8, 4) is 28.8 Å². The number of aromatic nitrogens is 4. The van der Waals surface area contributed by atoms with Crippen LogP contribution in [0.4, 0.5) is 4.79 Å². The molecule has 1 aliphatic heterocycles. The van der Waals surface area contributed by atoms with Gasteiger partial charge in [-0.15, -0.1) is 0 Å². The molecule has 1 unspecified atom stereocenters. The normalized spacial score (nSPS) is 16.2. The number of nitriles is 1. The fourth-order valence-electron chi connectivity index (χ4n) is 3.43. The first-order valence-electron chi connectivity index (χ1n) is 10.0. The number of rotatable bonds is 3. The Morgan fingerprint density at radius 3 is 2.77 bits per heavy atom. The highest BCUT2D eigenvalue weighted by Gasteiger charge is 2.36. The zero-order chi connectivity index (χ0) is 22.0. The number of pyridine rings is 2. The molecular weight excluding hydrogens is 396 g/mol. The van der Waals surface area contributed by atoms with E-state index in [1.54, 1.807) is 35.5 Å². The molecule has 1 saturated heterocycles. The zero-order valence-electron chi connectivity index (χ0n) is 17.6. The summed E-state index contributed by atoms with van der Waals surface area (Å²) in [6, 6.07) is 8.77. The van der Waals surface area contributed by atoms with Crippen LogP contribution in [0.3, 0.4) is 0 Å². The number of ether oxygens (including phenoxy) is 1. The molecule has 1 amide bonds. The maximum Gasteiger partial charge on any atom is 0.410 e. The van der Waals surface area contributed by atoms with Gasteiger partial charge < -0.3 is 9.26 Å². The summed E-state index contributed by atoms with van der Waals surface area (Å²) in [5.74, 6) is 0.789. The third-order valence-corrected chi connectivity index (χ3v) is 4.80. The number of hydrogen-bond donors (Lipinski definition) is 0. The van der Waals surface area contributed by atoms with Crippen LogP contribution in [0.5, 0.6) is 0 Å². The van der Waals surface area contributed by atoms with Gasteiger partial charge in [0.1, 0.15) is 17.4 Å². The number of amides is 1. The molecule has 0 N–H and O–H groups in total. The van der Waals surface area contributed by atoms with Crippen molar-refractivity contribution in [3.05, 3.63) is 48.2 Å². The van der Waals surface area contributed by atoms with Gasteiger partial charge in [0.25, 0.3) is 5.89 Å². The molecule has 0 aliphatic carbocycles. The minimum atomic E-state index is -0.571. The highest BCUT2D eigenvalue weighted by molar-refractivity contribution is 5.69. The molecule has 0 aromatic carbocycles. The number of carbonyl (C=O) groups excluding carboxylic acids is 1. The summed E-state index contributed by atoms with van der Waals surface area (Å²) in [6.07, 6.45) is 4.42. The van der Waals surface area contributed by atoms with Crippen molar-refractivity contribution < 1.29 is 14.1 Å². The van der Waals surface area contributed by atoms with Crippen LogP contribution in [-0.2, 0) is 4.74 Å². The molecule has 0 saturated carbocycles. The van der Waals surface area contributed by atoms with E-state index in [2.05, 4.69) is 20.1 Å². The summed E-state index contributed by atoms with van der Waals surface area (Å²) in [6.45, 7) is 6.11. The molecule has 0 spiro atoms. The van der Waals surface area contributed by atoms with Crippen LogP contribution in [0.1, 0.15) is 51.2 Å². The molecule has 1 aliphatic rings. The molecule has 4 heterocycles. The Kier molecular flexibility index (Phi) is 5.38. The van der Waals surface area contributed by atoms with Crippen molar-refractivity contribution in [3.63, 3.8) is 0 Å². The monoisotopic (exact) mass is 418 g/mol. The topological polar surface area (TPSA) is 118 Å². The van der Waals surface area contributed by atoms with Crippen molar-refractivity contribution in [2.24, 2.45) is 0 Å². The second-order valence-corrected chi connectivity index (χ2v) is 8.26. The number of hydrogen-bond acceptors (Lipinski definition) is 8. The van der Waals surface area contributed by atoms with Gasteiger partial charge in [-0.25, -0.2) is 9.78 Å². The maximum absolute atomic E-state index is 12.6. The molecule has 9 heteroatoms. The lowest BCUT2D eigenvalue weighted by atomic mass is 10.1. The molecule has 0 bridgehead atoms. The Hall–Kier alpha value is -3.80. The van der Waals surface area contributed by atoms with Crippen molar-refractivity contribution >= 4 is 6.09 Å². The van der Waals surface area contributed by atoms with E-state index in [0.29, 0.717) is 35.2 Å². The minimum absolute atomic E-state index is 0.285. The lowest BCUT2D eigenvalue weighted by molar-refractivity contribution is 0.0217. The summed E-state index contributed by atoms with van der Waals surface area (Å²) < 4.78 is 11.0. The van der Waals surface area contributed by atoms with Gasteiger partial charge in [-0.3, -0.25) is 9.88 Å². The van der Waals surface area contributed by atoms with Gasteiger partial charge in [-0.05, 0) is 57.9 Å². The third-order valence-electron chi connectivity index (χ3n) is 4.80. The first-order valence-corrected chi connectivity index (χ1v) is 10.0. The molecule has 0 radical (unpaired) electrons. The van der Waals surface area contributed by atoms with Gasteiger partial charge >= 0.3 is 6.09 Å². The fourth-order valence-corrected chi connectivity index (χ4v) is 3.43. The average Bonchev–Trinajstić information content (AvgIpc) is 3.42. The summed E-state index contributed by atoms with van der Waals surface area (Å²) >= 11 is 0. The molecule has 9 nitrogen and oxygen atoms in total. The highest BCUT2D eigenvalue weighted by atomic mass is 16.6. The zero-order valence-corrected chi connectivity index (χ0v) is 17.6. The maximum atomic E-state index is 12.6. The van der Waals surface area contributed by atoms with E-state index in [1.807, 2.05) is 32.9 Å². The van der Waals surface area contributed by atoms with Gasteiger partial charge in [-0.1, -0.05) is 5.16 Å². The van der Waals surface area contributed by atoms with Crippen LogP contribution in [0.25, 0.3) is 22.7 Å². The summed E-state index contributed by atoms with van der Waals surface area (Å²) in [4.78, 5) is 27.1. The quantitative estimate of drug-likeness (QED) is 0.623. The van der Waals surface area contributed by atoms with E-state index in [4.69, 9.17) is 14.5 Å². The summed E-state index contributed by atoms with van der Waals surface area (Å²) in [7, 11) is 0. The predicted molar refractivity (Wildman–Crippen MR) is 110 cm³/mol. The van der Waals surface area contributed by atoms with Gasteiger partial charge in [0.05, 0.1) is 11.7 Å². The predicted octanol–water partition coefficient (Wildman–Crippen LogP) is 4.14. The summed E-state index contributed by atoms with van der Waals surface area (Å²) in [5.41, 5.74) is 1.86. The van der Waals surface area contributed by atoms with Crippen LogP contribution in [-0.4, -0.2) is 43.2 Å². The lowest BCUT2D eigenvalue weighted by Gasteiger charge is -2.27. The van der Waals surface area contributed by atoms with Crippen molar-refractivity contribution in [1.29, 1.82) is 5.26 Å². The van der Waals surface area contributed by atoms with Gasteiger partial charge in [0.2, 0.25) is 0 Å². The number of carbonyl (C=O) groups is 1. The SMILES string of the molecule is CC(C)(C)OC(=O)N1CCCC1c1noc(-c2ccnc(-c3ccnc(C#N)c3)c2)n1. The molecule has 3 aromatic heterocycles. The highest BCUT2D eigenvalue weighted by Crippen LogP contribution is 2.33. The van der Waals surface area contributed by atoms with Crippen LogP contribution in [0.15, 0.2) is 41.2 Å². The van der Waals surface area contributed by atoms with Crippen molar-refractivity contribution in [2.45, 2.75) is 45.3 Å². The van der Waals surface area contributed by atoms with E-state index in [9.17, 15) is 4.79 Å². The number of likely N-dealkylation sites (tertiary alicyclic amines) is 1. The lowest BCUT2D eigenvalue weighted by Crippen LogP contribution is -2.36. The molecule has 31 heavy (non-hydrogen) atoms. The Morgan fingerprint density at radius 2 is 2.00 bits per heavy atom. The van der Waals surface area contributed by atoms with E-state index in [-0.39, 0.29) is 12.1 Å². The van der Waals surface area contributed by atoms with Crippen LogP contribution < -0.4 is 0 Å². The second-order valence-electron chi connectivity index (χ2n) is 8.26. The molecular formula is C22H22N6O3. The smallest absolute Gasteiger partial charge is 0.410 e. The van der Waals surface area contributed by atoms with Crippen LogP contribution in [0, 0.1) is 11.3 Å². The molecule has 3 aromatic rings. The van der Waals surface area contributed by atoms with E-state index < -0.39 is 5.60 Å². The van der Waals surface area contributed by atoms with E-state index in [1.165, 1.54) is 0 Å². The van der Waals surface area contributed by atoms with Gasteiger partial charge in [0.15, 0.2) is 5.82 Å². The molecule has 4 rings (SSSR count). The average molecular weight is 418 g/mol. The first-order chi connectivity index (χ1) is 14.8. The van der Waals surface area contributed by atoms with Gasteiger partial charge in [-0.2, -0.15) is 10.2 Å². The number of nitrogens with zero attached hydrogens (tertiary/aromatic N) is 6. The third kappa shape index (κ3) is 4.53. The standard InChI is InChI=1S/C22H22N6O3/c1-22(2,3)30-21(29)28-10-4-5-18(28)19-26-20(31-27-19)15-7-9-25-17(12-15)14-6-8-24-16(11-14)13-23/h6-9,11-12,18H,4-5,10H2,1-3H3.